The predicted octanol–water partition coefficient (Wildman–Crippen LogP) is 4.82. The molecule has 1 heterocycles. The Morgan fingerprint density at radius 3 is 2.62 bits per heavy atom. The normalized spacial score (nSPS) is 26.0. The molecule has 2 unspecified atom stereocenters. The van der Waals surface area contributed by atoms with Crippen molar-refractivity contribution in [3.63, 3.8) is 0 Å². The molecular weight excluding hydrogens is 276 g/mol. The highest BCUT2D eigenvalue weighted by Crippen LogP contribution is 2.43. The second-order valence-corrected chi connectivity index (χ2v) is 9.59. The van der Waals surface area contributed by atoms with Gasteiger partial charge in [0.1, 0.15) is 0 Å². The van der Waals surface area contributed by atoms with E-state index in [2.05, 4.69) is 52.2 Å². The summed E-state index contributed by atoms with van der Waals surface area (Å²) in [6, 6.07) is 0. The standard InChI is InChI=1S/C18H32N2S/c1-13-12-21-16(20-13)9-15-10-18(5,6)8-7-14(15)11-19-17(2,3)4/h12,14-15,19H,7-11H2,1-6H3. The maximum Gasteiger partial charge on any atom is 0.0930 e. The highest BCUT2D eigenvalue weighted by Gasteiger charge is 2.35. The molecule has 1 N–H and O–H groups in total. The Balaban J connectivity index is 2.03. The van der Waals surface area contributed by atoms with Crippen LogP contribution in [-0.2, 0) is 6.42 Å². The van der Waals surface area contributed by atoms with E-state index in [4.69, 9.17) is 4.98 Å². The van der Waals surface area contributed by atoms with Crippen LogP contribution >= 0.6 is 11.3 Å². The van der Waals surface area contributed by atoms with Crippen LogP contribution in [0.1, 0.15) is 64.6 Å². The molecule has 1 aromatic heterocycles. The molecule has 0 saturated heterocycles. The summed E-state index contributed by atoms with van der Waals surface area (Å²) in [5, 5.41) is 7.24. The van der Waals surface area contributed by atoms with Gasteiger partial charge in [-0.05, 0) is 70.8 Å². The fraction of sp³-hybridized carbons (Fsp3) is 0.833. The molecule has 2 rings (SSSR count). The van der Waals surface area contributed by atoms with Gasteiger partial charge in [-0.25, -0.2) is 4.98 Å². The van der Waals surface area contributed by atoms with E-state index in [0.717, 1.165) is 18.4 Å². The highest BCUT2D eigenvalue weighted by molar-refractivity contribution is 7.09. The van der Waals surface area contributed by atoms with Gasteiger partial charge in [0, 0.05) is 23.0 Å². The second-order valence-electron chi connectivity index (χ2n) is 8.64. The lowest BCUT2D eigenvalue weighted by Gasteiger charge is -2.41. The van der Waals surface area contributed by atoms with E-state index in [0.29, 0.717) is 5.41 Å². The molecule has 21 heavy (non-hydrogen) atoms. The lowest BCUT2D eigenvalue weighted by molar-refractivity contribution is 0.111. The largest absolute Gasteiger partial charge is 0.312 e. The average molecular weight is 309 g/mol. The first kappa shape index (κ1) is 17.0. The molecule has 1 saturated carbocycles. The minimum Gasteiger partial charge on any atom is -0.312 e. The lowest BCUT2D eigenvalue weighted by atomic mass is 9.66. The zero-order valence-corrected chi connectivity index (χ0v) is 15.4. The highest BCUT2D eigenvalue weighted by atomic mass is 32.1. The quantitative estimate of drug-likeness (QED) is 0.862. The summed E-state index contributed by atoms with van der Waals surface area (Å²) >= 11 is 1.84. The van der Waals surface area contributed by atoms with Crippen molar-refractivity contribution in [1.29, 1.82) is 0 Å². The first-order valence-electron chi connectivity index (χ1n) is 8.31. The van der Waals surface area contributed by atoms with Crippen LogP contribution < -0.4 is 5.32 Å². The topological polar surface area (TPSA) is 24.9 Å². The zero-order valence-electron chi connectivity index (χ0n) is 14.6. The first-order valence-corrected chi connectivity index (χ1v) is 9.19. The van der Waals surface area contributed by atoms with Crippen LogP contribution in [0.25, 0.3) is 0 Å². The molecular formula is C18H32N2S. The van der Waals surface area contributed by atoms with Crippen LogP contribution in [0.2, 0.25) is 0 Å². The van der Waals surface area contributed by atoms with E-state index in [-0.39, 0.29) is 5.54 Å². The van der Waals surface area contributed by atoms with E-state index < -0.39 is 0 Å². The molecule has 1 aromatic rings. The molecule has 0 radical (unpaired) electrons. The molecule has 0 aliphatic heterocycles. The summed E-state index contributed by atoms with van der Waals surface area (Å²) in [7, 11) is 0. The average Bonchev–Trinajstić information content (AvgIpc) is 2.71. The summed E-state index contributed by atoms with van der Waals surface area (Å²) in [4.78, 5) is 4.69. The fourth-order valence-corrected chi connectivity index (χ4v) is 4.32. The third-order valence-corrected chi connectivity index (χ3v) is 5.66. The van der Waals surface area contributed by atoms with Crippen molar-refractivity contribution in [2.45, 2.75) is 72.8 Å². The summed E-state index contributed by atoms with van der Waals surface area (Å²) in [5.74, 6) is 1.57. The number of nitrogens with one attached hydrogen (secondary N) is 1. The molecule has 2 nitrogen and oxygen atoms in total. The van der Waals surface area contributed by atoms with Gasteiger partial charge in [0.2, 0.25) is 0 Å². The number of aryl methyl sites for hydroxylation is 1. The van der Waals surface area contributed by atoms with Gasteiger partial charge < -0.3 is 5.32 Å². The van der Waals surface area contributed by atoms with Gasteiger partial charge in [-0.2, -0.15) is 0 Å². The molecule has 1 aliphatic carbocycles. The molecule has 0 aromatic carbocycles. The Labute approximate surface area is 134 Å². The molecule has 0 spiro atoms. The van der Waals surface area contributed by atoms with Crippen molar-refractivity contribution in [2.75, 3.05) is 6.54 Å². The molecule has 1 aliphatic rings. The minimum atomic E-state index is 0.218. The van der Waals surface area contributed by atoms with Crippen molar-refractivity contribution >= 4 is 11.3 Å². The van der Waals surface area contributed by atoms with Gasteiger partial charge in [-0.3, -0.25) is 0 Å². The second kappa shape index (κ2) is 6.37. The number of thiazole rings is 1. The Hall–Kier alpha value is -0.410. The molecule has 1 fully saturated rings. The smallest absolute Gasteiger partial charge is 0.0930 e. The van der Waals surface area contributed by atoms with Crippen molar-refractivity contribution in [1.82, 2.24) is 10.3 Å². The lowest BCUT2D eigenvalue weighted by Crippen LogP contribution is -2.43. The van der Waals surface area contributed by atoms with Gasteiger partial charge >= 0.3 is 0 Å². The molecule has 120 valence electrons. The van der Waals surface area contributed by atoms with Gasteiger partial charge in [0.15, 0.2) is 0 Å². The molecule has 0 amide bonds. The van der Waals surface area contributed by atoms with E-state index in [1.165, 1.54) is 36.4 Å². The Morgan fingerprint density at radius 2 is 2.05 bits per heavy atom. The van der Waals surface area contributed by atoms with E-state index >= 15 is 0 Å². The van der Waals surface area contributed by atoms with Crippen LogP contribution in [0.15, 0.2) is 5.38 Å². The Bertz CT molecular complexity index is 456. The fourth-order valence-electron chi connectivity index (χ4n) is 3.46. The van der Waals surface area contributed by atoms with Crippen molar-refractivity contribution in [3.05, 3.63) is 16.1 Å². The predicted molar refractivity (Wildman–Crippen MR) is 92.9 cm³/mol. The van der Waals surface area contributed by atoms with Crippen LogP contribution in [0, 0.1) is 24.2 Å². The van der Waals surface area contributed by atoms with Gasteiger partial charge in [-0.1, -0.05) is 13.8 Å². The number of rotatable bonds is 4. The van der Waals surface area contributed by atoms with Crippen molar-refractivity contribution in [2.24, 2.45) is 17.3 Å². The van der Waals surface area contributed by atoms with Crippen molar-refractivity contribution in [3.8, 4) is 0 Å². The minimum absolute atomic E-state index is 0.218. The Kier molecular flexibility index (Phi) is 5.15. The third-order valence-electron chi connectivity index (χ3n) is 4.67. The number of hydrogen-bond donors (Lipinski definition) is 1. The van der Waals surface area contributed by atoms with Crippen LogP contribution in [0.5, 0.6) is 0 Å². The summed E-state index contributed by atoms with van der Waals surface area (Å²) in [6.07, 6.45) is 5.21. The monoisotopic (exact) mass is 308 g/mol. The SMILES string of the molecule is Cc1csc(CC2CC(C)(C)CCC2CNC(C)(C)C)n1. The maximum atomic E-state index is 4.69. The summed E-state index contributed by atoms with van der Waals surface area (Å²) in [6.45, 7) is 14.9. The first-order chi connectivity index (χ1) is 9.65. The summed E-state index contributed by atoms with van der Waals surface area (Å²) < 4.78 is 0. The van der Waals surface area contributed by atoms with E-state index in [1.54, 1.807) is 0 Å². The van der Waals surface area contributed by atoms with E-state index in [9.17, 15) is 0 Å². The van der Waals surface area contributed by atoms with Crippen LogP contribution in [0.3, 0.4) is 0 Å². The van der Waals surface area contributed by atoms with Crippen LogP contribution in [-0.4, -0.2) is 17.1 Å². The van der Waals surface area contributed by atoms with Crippen molar-refractivity contribution < 1.29 is 0 Å². The number of aromatic nitrogens is 1. The van der Waals surface area contributed by atoms with E-state index in [1.807, 2.05) is 11.3 Å². The zero-order chi connectivity index (χ0) is 15.7. The number of hydrogen-bond acceptors (Lipinski definition) is 3. The molecule has 2 atom stereocenters. The maximum absolute atomic E-state index is 4.69. The summed E-state index contributed by atoms with van der Waals surface area (Å²) in [5.41, 5.74) is 1.89. The van der Waals surface area contributed by atoms with Crippen LogP contribution in [0.4, 0.5) is 0 Å². The molecule has 3 heteroatoms. The van der Waals surface area contributed by atoms with Gasteiger partial charge in [0.05, 0.1) is 5.01 Å². The van der Waals surface area contributed by atoms with Gasteiger partial charge in [-0.15, -0.1) is 11.3 Å². The van der Waals surface area contributed by atoms with Gasteiger partial charge in [0.25, 0.3) is 0 Å². The molecule has 0 bridgehead atoms. The number of nitrogens with zero attached hydrogens (tertiary/aromatic N) is 1. The third kappa shape index (κ3) is 5.37. The Morgan fingerprint density at radius 1 is 1.33 bits per heavy atom.